The van der Waals surface area contributed by atoms with Gasteiger partial charge in [-0.05, 0) is 12.1 Å². The van der Waals surface area contributed by atoms with Crippen molar-refractivity contribution in [2.45, 2.75) is 0 Å². The van der Waals surface area contributed by atoms with Gasteiger partial charge in [0.25, 0.3) is 5.91 Å². The third kappa shape index (κ3) is 2.61. The summed E-state index contributed by atoms with van der Waals surface area (Å²) in [6, 6.07) is 3.94. The smallest absolute Gasteiger partial charge is 0.258 e. The molecule has 0 heterocycles. The van der Waals surface area contributed by atoms with Crippen LogP contribution in [0.4, 0.5) is 27.6 Å². The molecule has 20 heavy (non-hydrogen) atoms. The fraction of sp³-hybridized carbons (Fsp3) is 0. The highest BCUT2D eigenvalue weighted by Gasteiger charge is 2.17. The highest BCUT2D eigenvalue weighted by Crippen LogP contribution is 2.19. The maximum absolute atomic E-state index is 13.3. The second-order valence-corrected chi connectivity index (χ2v) is 3.81. The van der Waals surface area contributed by atoms with Gasteiger partial charge in [-0.25, -0.2) is 22.0 Å². The molecule has 0 spiro atoms. The van der Waals surface area contributed by atoms with Crippen molar-refractivity contribution < 1.29 is 26.7 Å². The van der Waals surface area contributed by atoms with Crippen molar-refractivity contribution in [2.24, 2.45) is 0 Å². The number of hydrogen-bond acceptors (Lipinski definition) is 1. The molecular weight excluding hydrogens is 281 g/mol. The van der Waals surface area contributed by atoms with Gasteiger partial charge >= 0.3 is 0 Å². The molecule has 0 bridgehead atoms. The predicted octanol–water partition coefficient (Wildman–Crippen LogP) is 3.63. The first-order chi connectivity index (χ1) is 9.40. The maximum atomic E-state index is 13.3. The van der Waals surface area contributed by atoms with Gasteiger partial charge in [0.2, 0.25) is 0 Å². The molecular formula is C13H6F5NO. The Bertz CT molecular complexity index is 663. The van der Waals surface area contributed by atoms with Crippen LogP contribution in [-0.2, 0) is 0 Å². The molecule has 0 radical (unpaired) electrons. The average Bonchev–Trinajstić information content (AvgIpc) is 2.39. The fourth-order valence-corrected chi connectivity index (χ4v) is 1.51. The van der Waals surface area contributed by atoms with Crippen LogP contribution in [0.25, 0.3) is 0 Å². The molecule has 0 saturated heterocycles. The summed E-state index contributed by atoms with van der Waals surface area (Å²) >= 11 is 0. The third-order valence-electron chi connectivity index (χ3n) is 2.44. The molecule has 2 rings (SSSR count). The largest absolute Gasteiger partial charge is 0.322 e. The molecule has 2 nitrogen and oxygen atoms in total. The van der Waals surface area contributed by atoms with Crippen LogP contribution in [-0.4, -0.2) is 5.91 Å². The van der Waals surface area contributed by atoms with E-state index >= 15 is 0 Å². The van der Waals surface area contributed by atoms with E-state index in [0.717, 1.165) is 18.2 Å². The van der Waals surface area contributed by atoms with Gasteiger partial charge in [-0.1, -0.05) is 6.07 Å². The summed E-state index contributed by atoms with van der Waals surface area (Å²) in [5.74, 6) is -8.48. The van der Waals surface area contributed by atoms with Crippen molar-refractivity contribution in [3.05, 3.63) is 65.0 Å². The van der Waals surface area contributed by atoms with Crippen molar-refractivity contribution in [1.82, 2.24) is 0 Å². The molecule has 0 unspecified atom stereocenters. The number of nitrogens with one attached hydrogen (secondary N) is 1. The summed E-state index contributed by atoms with van der Waals surface area (Å²) in [7, 11) is 0. The lowest BCUT2D eigenvalue weighted by Crippen LogP contribution is -2.15. The second-order valence-electron chi connectivity index (χ2n) is 3.81. The van der Waals surface area contributed by atoms with Gasteiger partial charge in [0.05, 0.1) is 5.56 Å². The molecule has 1 N–H and O–H groups in total. The summed E-state index contributed by atoms with van der Waals surface area (Å²) in [4.78, 5) is 11.6. The lowest BCUT2D eigenvalue weighted by atomic mass is 10.2. The number of hydrogen-bond donors (Lipinski definition) is 1. The Kier molecular flexibility index (Phi) is 3.69. The molecule has 1 amide bonds. The Morgan fingerprint density at radius 1 is 0.850 bits per heavy atom. The first-order valence-corrected chi connectivity index (χ1v) is 5.30. The number of carbonyl (C=O) groups is 1. The lowest BCUT2D eigenvalue weighted by molar-refractivity contribution is 0.102. The molecule has 7 heteroatoms. The van der Waals surface area contributed by atoms with Crippen LogP contribution < -0.4 is 5.32 Å². The zero-order valence-electron chi connectivity index (χ0n) is 9.68. The van der Waals surface area contributed by atoms with Crippen LogP contribution in [0.15, 0.2) is 30.3 Å². The van der Waals surface area contributed by atoms with Crippen LogP contribution in [0.3, 0.4) is 0 Å². The van der Waals surface area contributed by atoms with E-state index in [1.807, 2.05) is 5.32 Å². The van der Waals surface area contributed by atoms with Crippen molar-refractivity contribution >= 4 is 11.6 Å². The van der Waals surface area contributed by atoms with Gasteiger partial charge in [-0.2, -0.15) is 0 Å². The Morgan fingerprint density at radius 3 is 2.05 bits per heavy atom. The first-order valence-electron chi connectivity index (χ1n) is 5.30. The van der Waals surface area contributed by atoms with Gasteiger partial charge in [0, 0.05) is 17.8 Å². The third-order valence-corrected chi connectivity index (χ3v) is 2.44. The molecule has 0 aliphatic carbocycles. The molecule has 0 aliphatic rings. The van der Waals surface area contributed by atoms with Crippen molar-refractivity contribution in [3.63, 3.8) is 0 Å². The standard InChI is InChI=1S/C13H6F5NO/c14-8-3-1-2-7(11(8)17)13(20)19-6-4-9(15)12(18)10(16)5-6/h1-5H,(H,19,20). The topological polar surface area (TPSA) is 29.1 Å². The second kappa shape index (κ2) is 5.28. The Hall–Kier alpha value is -2.44. The number of anilines is 1. The van der Waals surface area contributed by atoms with Crippen molar-refractivity contribution in [3.8, 4) is 0 Å². The summed E-state index contributed by atoms with van der Waals surface area (Å²) in [5.41, 5.74) is -1.06. The van der Waals surface area contributed by atoms with Gasteiger partial charge < -0.3 is 5.32 Å². The van der Waals surface area contributed by atoms with Crippen molar-refractivity contribution in [2.75, 3.05) is 5.32 Å². The number of halogens is 5. The van der Waals surface area contributed by atoms with E-state index in [0.29, 0.717) is 12.1 Å². The van der Waals surface area contributed by atoms with E-state index in [1.165, 1.54) is 0 Å². The van der Waals surface area contributed by atoms with E-state index in [9.17, 15) is 26.7 Å². The van der Waals surface area contributed by atoms with E-state index in [4.69, 9.17) is 0 Å². The highest BCUT2D eigenvalue weighted by atomic mass is 19.2. The lowest BCUT2D eigenvalue weighted by Gasteiger charge is -2.07. The van der Waals surface area contributed by atoms with E-state index < -0.39 is 46.2 Å². The molecule has 2 aromatic rings. The average molecular weight is 287 g/mol. The summed E-state index contributed by atoms with van der Waals surface area (Å²) in [6.45, 7) is 0. The van der Waals surface area contributed by atoms with Crippen LogP contribution in [0.1, 0.15) is 10.4 Å². The summed E-state index contributed by atoms with van der Waals surface area (Å²) < 4.78 is 64.9. The summed E-state index contributed by atoms with van der Waals surface area (Å²) in [6.07, 6.45) is 0. The van der Waals surface area contributed by atoms with E-state index in [2.05, 4.69) is 0 Å². The maximum Gasteiger partial charge on any atom is 0.258 e. The molecule has 0 saturated carbocycles. The molecule has 104 valence electrons. The fourth-order valence-electron chi connectivity index (χ4n) is 1.51. The molecule has 0 fully saturated rings. The van der Waals surface area contributed by atoms with Crippen LogP contribution >= 0.6 is 0 Å². The molecule has 2 aromatic carbocycles. The van der Waals surface area contributed by atoms with E-state index in [-0.39, 0.29) is 0 Å². The Morgan fingerprint density at radius 2 is 1.45 bits per heavy atom. The molecule has 0 atom stereocenters. The van der Waals surface area contributed by atoms with Crippen LogP contribution in [0.5, 0.6) is 0 Å². The quantitative estimate of drug-likeness (QED) is 0.663. The van der Waals surface area contributed by atoms with Crippen LogP contribution in [0, 0.1) is 29.1 Å². The van der Waals surface area contributed by atoms with Gasteiger partial charge in [-0.15, -0.1) is 0 Å². The van der Waals surface area contributed by atoms with Crippen LogP contribution in [0.2, 0.25) is 0 Å². The van der Waals surface area contributed by atoms with Crippen molar-refractivity contribution in [1.29, 1.82) is 0 Å². The number of benzene rings is 2. The minimum Gasteiger partial charge on any atom is -0.322 e. The minimum absolute atomic E-state index is 0.421. The number of rotatable bonds is 2. The number of carbonyl (C=O) groups excluding carboxylic acids is 1. The van der Waals surface area contributed by atoms with Gasteiger partial charge in [0.15, 0.2) is 29.1 Å². The zero-order chi connectivity index (χ0) is 14.9. The Balaban J connectivity index is 2.30. The zero-order valence-corrected chi connectivity index (χ0v) is 9.68. The van der Waals surface area contributed by atoms with Gasteiger partial charge in [-0.3, -0.25) is 4.79 Å². The SMILES string of the molecule is O=C(Nc1cc(F)c(F)c(F)c1)c1cccc(F)c1F. The first kappa shape index (κ1) is 14.0. The molecule has 0 aromatic heterocycles. The monoisotopic (exact) mass is 287 g/mol. The van der Waals surface area contributed by atoms with E-state index in [1.54, 1.807) is 0 Å². The normalized spacial score (nSPS) is 10.4. The minimum atomic E-state index is -1.69. The highest BCUT2D eigenvalue weighted by molar-refractivity contribution is 6.04. The molecule has 0 aliphatic heterocycles. The van der Waals surface area contributed by atoms with Gasteiger partial charge in [0.1, 0.15) is 0 Å². The Labute approximate surface area is 109 Å². The summed E-state index contributed by atoms with van der Waals surface area (Å²) in [5, 5.41) is 1.94. The number of amides is 1. The predicted molar refractivity (Wildman–Crippen MR) is 60.6 cm³/mol.